The summed E-state index contributed by atoms with van der Waals surface area (Å²) in [6.45, 7) is 1.50. The van der Waals surface area contributed by atoms with Gasteiger partial charge in [0.1, 0.15) is 5.82 Å². The Morgan fingerprint density at radius 3 is 2.86 bits per heavy atom. The summed E-state index contributed by atoms with van der Waals surface area (Å²) < 4.78 is 13.5. The number of anilines is 1. The van der Waals surface area contributed by atoms with Crippen LogP contribution in [0.3, 0.4) is 0 Å². The molecule has 7 heteroatoms. The van der Waals surface area contributed by atoms with Crippen molar-refractivity contribution < 1.29 is 9.18 Å². The second kappa shape index (κ2) is 8.02. The quantitative estimate of drug-likeness (QED) is 0.690. The number of hydrogen-bond acceptors (Lipinski definition) is 3. The van der Waals surface area contributed by atoms with Crippen molar-refractivity contribution in [3.63, 3.8) is 0 Å². The van der Waals surface area contributed by atoms with E-state index in [-0.39, 0.29) is 22.5 Å². The van der Waals surface area contributed by atoms with E-state index in [4.69, 9.17) is 11.6 Å². The third kappa shape index (κ3) is 4.02. The highest BCUT2D eigenvalue weighted by atomic mass is 35.5. The molecule has 0 saturated carbocycles. The zero-order valence-electron chi connectivity index (χ0n) is 15.2. The summed E-state index contributed by atoms with van der Waals surface area (Å²) in [6, 6.07) is 15.8. The van der Waals surface area contributed by atoms with E-state index >= 15 is 0 Å². The molecule has 28 heavy (non-hydrogen) atoms. The van der Waals surface area contributed by atoms with Gasteiger partial charge >= 0.3 is 0 Å². The van der Waals surface area contributed by atoms with Crippen LogP contribution in [0.4, 0.5) is 10.2 Å². The molecule has 1 amide bonds. The van der Waals surface area contributed by atoms with Crippen LogP contribution < -0.4 is 10.2 Å². The second-order valence-corrected chi connectivity index (χ2v) is 7.30. The predicted molar refractivity (Wildman–Crippen MR) is 108 cm³/mol. The summed E-state index contributed by atoms with van der Waals surface area (Å²) in [7, 11) is 0. The molecule has 1 aliphatic rings. The van der Waals surface area contributed by atoms with E-state index in [9.17, 15) is 9.18 Å². The number of aromatic amines is 1. The summed E-state index contributed by atoms with van der Waals surface area (Å²) >= 11 is 6.04. The molecule has 0 spiro atoms. The molecule has 5 nitrogen and oxygen atoms in total. The van der Waals surface area contributed by atoms with E-state index in [2.05, 4.69) is 20.4 Å². The fourth-order valence-electron chi connectivity index (χ4n) is 3.48. The summed E-state index contributed by atoms with van der Waals surface area (Å²) in [4.78, 5) is 14.7. The fourth-order valence-corrected chi connectivity index (χ4v) is 3.68. The van der Waals surface area contributed by atoms with Crippen LogP contribution in [0, 0.1) is 5.82 Å². The van der Waals surface area contributed by atoms with Crippen molar-refractivity contribution in [1.82, 2.24) is 15.5 Å². The van der Waals surface area contributed by atoms with Crippen LogP contribution in [-0.2, 0) is 0 Å². The summed E-state index contributed by atoms with van der Waals surface area (Å²) in [5, 5.41) is 10.7. The van der Waals surface area contributed by atoms with Gasteiger partial charge in [-0.15, -0.1) is 0 Å². The third-order valence-electron chi connectivity index (χ3n) is 4.90. The van der Waals surface area contributed by atoms with E-state index in [0.717, 1.165) is 42.5 Å². The third-order valence-corrected chi connectivity index (χ3v) is 5.23. The van der Waals surface area contributed by atoms with Crippen LogP contribution in [0.2, 0.25) is 5.02 Å². The van der Waals surface area contributed by atoms with Crippen molar-refractivity contribution in [1.29, 1.82) is 0 Å². The summed E-state index contributed by atoms with van der Waals surface area (Å²) in [5.74, 6) is 0.00901. The number of amides is 1. The number of H-pyrrole nitrogens is 1. The molecule has 2 N–H and O–H groups in total. The predicted octanol–water partition coefficient (Wildman–Crippen LogP) is 4.27. The Hall–Kier alpha value is -2.86. The van der Waals surface area contributed by atoms with E-state index in [1.165, 1.54) is 12.1 Å². The fraction of sp³-hybridized carbons (Fsp3) is 0.238. The van der Waals surface area contributed by atoms with Crippen molar-refractivity contribution in [2.24, 2.45) is 0 Å². The number of aromatic nitrogens is 2. The van der Waals surface area contributed by atoms with Crippen LogP contribution in [0.25, 0.3) is 11.3 Å². The summed E-state index contributed by atoms with van der Waals surface area (Å²) in [5.41, 5.74) is 2.18. The molecule has 0 bridgehead atoms. The van der Waals surface area contributed by atoms with E-state index in [1.807, 2.05) is 36.4 Å². The molecule has 1 atom stereocenters. The minimum Gasteiger partial charge on any atom is -0.353 e. The van der Waals surface area contributed by atoms with Gasteiger partial charge in [-0.25, -0.2) is 4.39 Å². The van der Waals surface area contributed by atoms with Crippen LogP contribution >= 0.6 is 11.6 Å². The number of nitrogens with zero attached hydrogens (tertiary/aromatic N) is 2. The molecule has 2 heterocycles. The first-order valence-electron chi connectivity index (χ1n) is 9.22. The maximum atomic E-state index is 13.5. The molecule has 1 unspecified atom stereocenters. The number of halogens is 2. The number of rotatable bonds is 4. The van der Waals surface area contributed by atoms with Crippen molar-refractivity contribution in [3.8, 4) is 11.3 Å². The molecule has 1 aliphatic heterocycles. The van der Waals surface area contributed by atoms with E-state index in [1.54, 1.807) is 0 Å². The van der Waals surface area contributed by atoms with Crippen LogP contribution in [0.1, 0.15) is 23.2 Å². The Morgan fingerprint density at radius 1 is 1.21 bits per heavy atom. The summed E-state index contributed by atoms with van der Waals surface area (Å²) in [6.07, 6.45) is 1.78. The number of carbonyl (C=O) groups is 1. The number of carbonyl (C=O) groups excluding carboxylic acids is 1. The van der Waals surface area contributed by atoms with Crippen LogP contribution in [0.5, 0.6) is 0 Å². The molecular formula is C21H20ClFN4O. The van der Waals surface area contributed by atoms with E-state index in [0.29, 0.717) is 6.54 Å². The molecule has 0 aliphatic carbocycles. The van der Waals surface area contributed by atoms with Gasteiger partial charge in [-0.2, -0.15) is 5.10 Å². The molecule has 1 fully saturated rings. The zero-order chi connectivity index (χ0) is 19.5. The lowest BCUT2D eigenvalue weighted by atomic mass is 10.0. The average molecular weight is 399 g/mol. The lowest BCUT2D eigenvalue weighted by Crippen LogP contribution is -2.48. The lowest BCUT2D eigenvalue weighted by molar-refractivity contribution is 0.0933. The minimum absolute atomic E-state index is 0.0579. The molecular weight excluding hydrogens is 379 g/mol. The highest BCUT2D eigenvalue weighted by Crippen LogP contribution is 2.24. The maximum Gasteiger partial charge on any atom is 0.253 e. The van der Waals surface area contributed by atoms with Crippen LogP contribution in [-0.4, -0.2) is 35.2 Å². The minimum atomic E-state index is -0.482. The van der Waals surface area contributed by atoms with Crippen molar-refractivity contribution >= 4 is 23.3 Å². The first-order valence-corrected chi connectivity index (χ1v) is 9.59. The number of hydrogen-bond donors (Lipinski definition) is 2. The van der Waals surface area contributed by atoms with Gasteiger partial charge in [-0.3, -0.25) is 9.89 Å². The smallest absolute Gasteiger partial charge is 0.253 e. The van der Waals surface area contributed by atoms with Gasteiger partial charge in [0.2, 0.25) is 0 Å². The number of nitrogens with one attached hydrogen (secondary N) is 2. The molecule has 3 aromatic rings. The largest absolute Gasteiger partial charge is 0.353 e. The highest BCUT2D eigenvalue weighted by molar-refractivity contribution is 6.33. The van der Waals surface area contributed by atoms with Gasteiger partial charge < -0.3 is 10.2 Å². The van der Waals surface area contributed by atoms with Crippen molar-refractivity contribution in [3.05, 3.63) is 71.0 Å². The molecule has 2 aromatic carbocycles. The maximum absolute atomic E-state index is 13.5. The lowest BCUT2D eigenvalue weighted by Gasteiger charge is -2.33. The van der Waals surface area contributed by atoms with Crippen molar-refractivity contribution in [2.45, 2.75) is 18.9 Å². The molecule has 1 saturated heterocycles. The second-order valence-electron chi connectivity index (χ2n) is 6.89. The zero-order valence-corrected chi connectivity index (χ0v) is 15.9. The Balaban J connectivity index is 1.44. The van der Waals surface area contributed by atoms with Crippen LogP contribution in [0.15, 0.2) is 54.6 Å². The van der Waals surface area contributed by atoms with Gasteiger partial charge in [-0.1, -0.05) is 41.9 Å². The normalized spacial score (nSPS) is 16.8. The average Bonchev–Trinajstić information content (AvgIpc) is 3.21. The van der Waals surface area contributed by atoms with Gasteiger partial charge in [0.15, 0.2) is 5.82 Å². The van der Waals surface area contributed by atoms with Gasteiger partial charge in [0.05, 0.1) is 16.3 Å². The Bertz CT molecular complexity index is 976. The van der Waals surface area contributed by atoms with Gasteiger partial charge in [0.25, 0.3) is 5.91 Å². The molecule has 4 rings (SSSR count). The Labute approximate surface area is 167 Å². The monoisotopic (exact) mass is 398 g/mol. The first kappa shape index (κ1) is 18.5. The Kier molecular flexibility index (Phi) is 5.30. The number of piperidine rings is 1. The molecule has 144 valence electrons. The van der Waals surface area contributed by atoms with Crippen molar-refractivity contribution in [2.75, 3.05) is 18.0 Å². The highest BCUT2D eigenvalue weighted by Gasteiger charge is 2.24. The first-order chi connectivity index (χ1) is 13.6. The van der Waals surface area contributed by atoms with E-state index < -0.39 is 5.82 Å². The Morgan fingerprint density at radius 2 is 2.04 bits per heavy atom. The standard InChI is InChI=1S/C21H20ClFN4O/c22-18-9-8-15(23)11-17(18)21(28)24-16-7-4-10-27(13-16)20-12-19(25-26-20)14-5-2-1-3-6-14/h1-3,5-6,8-9,11-12,16H,4,7,10,13H2,(H,24,28)(H,25,26). The van der Waals surface area contributed by atoms with Gasteiger partial charge in [0, 0.05) is 25.2 Å². The number of benzene rings is 2. The molecule has 1 aromatic heterocycles. The van der Waals surface area contributed by atoms with Gasteiger partial charge in [-0.05, 0) is 36.6 Å². The topological polar surface area (TPSA) is 61.0 Å². The molecule has 0 radical (unpaired) electrons. The SMILES string of the molecule is O=C(NC1CCCN(c2cc(-c3ccccc3)[nH]n2)C1)c1cc(F)ccc1Cl.